The molecule has 0 saturated heterocycles. The van der Waals surface area contributed by atoms with Gasteiger partial charge in [0.05, 0.1) is 7.11 Å². The predicted molar refractivity (Wildman–Crippen MR) is 88.9 cm³/mol. The molecule has 1 atom stereocenters. The normalized spacial score (nSPS) is 12.2. The van der Waals surface area contributed by atoms with Crippen molar-refractivity contribution in [2.75, 3.05) is 13.7 Å². The van der Waals surface area contributed by atoms with E-state index in [-0.39, 0.29) is 0 Å². The van der Waals surface area contributed by atoms with E-state index in [4.69, 9.17) is 10.5 Å². The van der Waals surface area contributed by atoms with E-state index in [9.17, 15) is 0 Å². The molecule has 2 nitrogen and oxygen atoms in total. The number of rotatable bonds is 6. The van der Waals surface area contributed by atoms with Gasteiger partial charge in [-0.25, -0.2) is 0 Å². The van der Waals surface area contributed by atoms with Crippen molar-refractivity contribution >= 4 is 0 Å². The van der Waals surface area contributed by atoms with Gasteiger partial charge in [0.15, 0.2) is 0 Å². The van der Waals surface area contributed by atoms with Crippen LogP contribution in [0.25, 0.3) is 0 Å². The van der Waals surface area contributed by atoms with E-state index in [2.05, 4.69) is 50.2 Å². The maximum Gasteiger partial charge on any atom is 0.122 e. The highest BCUT2D eigenvalue weighted by Crippen LogP contribution is 2.24. The molecule has 0 aliphatic heterocycles. The molecule has 1 unspecified atom stereocenters. The van der Waals surface area contributed by atoms with Gasteiger partial charge in [-0.05, 0) is 56.3 Å². The van der Waals surface area contributed by atoms with Gasteiger partial charge in [-0.15, -0.1) is 0 Å². The van der Waals surface area contributed by atoms with Crippen molar-refractivity contribution in [1.29, 1.82) is 0 Å². The van der Waals surface area contributed by atoms with Crippen molar-refractivity contribution in [2.45, 2.75) is 26.7 Å². The lowest BCUT2D eigenvalue weighted by molar-refractivity contribution is 0.403. The average molecular weight is 283 g/mol. The number of benzene rings is 2. The Labute approximate surface area is 127 Å². The van der Waals surface area contributed by atoms with Gasteiger partial charge in [0.25, 0.3) is 0 Å². The highest BCUT2D eigenvalue weighted by molar-refractivity contribution is 5.37. The molecular weight excluding hydrogens is 258 g/mol. The molecule has 0 spiro atoms. The zero-order valence-corrected chi connectivity index (χ0v) is 13.2. The fourth-order valence-electron chi connectivity index (χ4n) is 2.67. The molecule has 0 aliphatic carbocycles. The second kappa shape index (κ2) is 7.28. The summed E-state index contributed by atoms with van der Waals surface area (Å²) >= 11 is 0. The molecular formula is C19H25NO. The maximum absolute atomic E-state index is 5.99. The average Bonchev–Trinajstić information content (AvgIpc) is 2.49. The van der Waals surface area contributed by atoms with Crippen LogP contribution < -0.4 is 10.5 Å². The van der Waals surface area contributed by atoms with Crippen LogP contribution in [-0.2, 0) is 12.8 Å². The van der Waals surface area contributed by atoms with Crippen LogP contribution >= 0.6 is 0 Å². The number of hydrogen-bond donors (Lipinski definition) is 1. The minimum absolute atomic E-state index is 0.434. The third kappa shape index (κ3) is 4.33. The molecule has 2 aromatic carbocycles. The highest BCUT2D eigenvalue weighted by atomic mass is 16.5. The standard InChI is InChI=1S/C19H25NO/c1-14-4-7-16(8-5-14)11-17(13-20)12-18-10-15(2)6-9-19(18)21-3/h4-10,17H,11-13,20H2,1-3H3. The summed E-state index contributed by atoms with van der Waals surface area (Å²) in [6.07, 6.45) is 1.96. The van der Waals surface area contributed by atoms with Crippen molar-refractivity contribution in [1.82, 2.24) is 0 Å². The molecule has 2 heteroatoms. The van der Waals surface area contributed by atoms with Gasteiger partial charge in [0.1, 0.15) is 5.75 Å². The van der Waals surface area contributed by atoms with E-state index < -0.39 is 0 Å². The molecule has 0 aromatic heterocycles. The first kappa shape index (κ1) is 15.6. The van der Waals surface area contributed by atoms with Crippen molar-refractivity contribution in [2.24, 2.45) is 11.7 Å². The minimum atomic E-state index is 0.434. The Morgan fingerprint density at radius 2 is 1.62 bits per heavy atom. The topological polar surface area (TPSA) is 35.2 Å². The maximum atomic E-state index is 5.99. The van der Waals surface area contributed by atoms with Crippen LogP contribution in [0.1, 0.15) is 22.3 Å². The van der Waals surface area contributed by atoms with E-state index >= 15 is 0 Å². The van der Waals surface area contributed by atoms with Gasteiger partial charge < -0.3 is 10.5 Å². The molecule has 0 fully saturated rings. The lowest BCUT2D eigenvalue weighted by atomic mass is 9.91. The van der Waals surface area contributed by atoms with Crippen molar-refractivity contribution in [3.63, 3.8) is 0 Å². The Balaban J connectivity index is 2.11. The smallest absolute Gasteiger partial charge is 0.122 e. The van der Waals surface area contributed by atoms with Crippen LogP contribution in [0.15, 0.2) is 42.5 Å². The molecule has 0 radical (unpaired) electrons. The molecule has 112 valence electrons. The van der Waals surface area contributed by atoms with Crippen LogP contribution in [0.2, 0.25) is 0 Å². The fourth-order valence-corrected chi connectivity index (χ4v) is 2.67. The van der Waals surface area contributed by atoms with E-state index in [1.807, 2.05) is 6.07 Å². The molecule has 2 N–H and O–H groups in total. The first-order valence-electron chi connectivity index (χ1n) is 7.51. The van der Waals surface area contributed by atoms with Crippen molar-refractivity contribution in [3.8, 4) is 5.75 Å². The summed E-state index contributed by atoms with van der Waals surface area (Å²) in [5, 5.41) is 0. The molecule has 0 bridgehead atoms. The summed E-state index contributed by atoms with van der Waals surface area (Å²) in [7, 11) is 1.73. The van der Waals surface area contributed by atoms with Crippen molar-refractivity contribution < 1.29 is 4.74 Å². The number of aryl methyl sites for hydroxylation is 2. The monoisotopic (exact) mass is 283 g/mol. The number of methoxy groups -OCH3 is 1. The summed E-state index contributed by atoms with van der Waals surface area (Å²) in [5.41, 5.74) is 11.1. The van der Waals surface area contributed by atoms with Gasteiger partial charge in [-0.3, -0.25) is 0 Å². The van der Waals surface area contributed by atoms with E-state index in [1.54, 1.807) is 7.11 Å². The molecule has 0 heterocycles. The SMILES string of the molecule is COc1ccc(C)cc1CC(CN)Cc1ccc(C)cc1. The van der Waals surface area contributed by atoms with Crippen LogP contribution in [0.5, 0.6) is 5.75 Å². The quantitative estimate of drug-likeness (QED) is 0.878. The minimum Gasteiger partial charge on any atom is -0.496 e. The second-order valence-electron chi connectivity index (χ2n) is 5.81. The first-order chi connectivity index (χ1) is 10.1. The van der Waals surface area contributed by atoms with Gasteiger partial charge >= 0.3 is 0 Å². The molecule has 2 aromatic rings. The van der Waals surface area contributed by atoms with E-state index in [1.165, 1.54) is 22.3 Å². The third-order valence-electron chi connectivity index (χ3n) is 3.92. The Kier molecular flexibility index (Phi) is 5.40. The second-order valence-corrected chi connectivity index (χ2v) is 5.81. The van der Waals surface area contributed by atoms with Gasteiger partial charge in [0, 0.05) is 0 Å². The largest absolute Gasteiger partial charge is 0.496 e. The van der Waals surface area contributed by atoms with Gasteiger partial charge in [-0.1, -0.05) is 47.5 Å². The summed E-state index contributed by atoms with van der Waals surface area (Å²) in [6, 6.07) is 15.1. The Morgan fingerprint density at radius 1 is 0.952 bits per heavy atom. The fraction of sp³-hybridized carbons (Fsp3) is 0.368. The summed E-state index contributed by atoms with van der Waals surface area (Å²) in [5.74, 6) is 1.39. The molecule has 0 saturated carbocycles. The molecule has 2 rings (SSSR count). The highest BCUT2D eigenvalue weighted by Gasteiger charge is 2.12. The number of ether oxygens (including phenoxy) is 1. The van der Waals surface area contributed by atoms with Gasteiger partial charge in [-0.2, -0.15) is 0 Å². The van der Waals surface area contributed by atoms with E-state index in [0.29, 0.717) is 12.5 Å². The lowest BCUT2D eigenvalue weighted by Gasteiger charge is -2.17. The first-order valence-corrected chi connectivity index (χ1v) is 7.51. The summed E-state index contributed by atoms with van der Waals surface area (Å²) < 4.78 is 5.47. The van der Waals surface area contributed by atoms with Crippen molar-refractivity contribution in [3.05, 3.63) is 64.7 Å². The predicted octanol–water partition coefficient (Wildman–Crippen LogP) is 3.67. The third-order valence-corrected chi connectivity index (χ3v) is 3.92. The zero-order chi connectivity index (χ0) is 15.2. The van der Waals surface area contributed by atoms with Crippen LogP contribution in [-0.4, -0.2) is 13.7 Å². The zero-order valence-electron chi connectivity index (χ0n) is 13.2. The number of hydrogen-bond acceptors (Lipinski definition) is 2. The van der Waals surface area contributed by atoms with Crippen LogP contribution in [0.3, 0.4) is 0 Å². The summed E-state index contributed by atoms with van der Waals surface area (Å²) in [6.45, 7) is 4.91. The van der Waals surface area contributed by atoms with Crippen LogP contribution in [0, 0.1) is 19.8 Å². The number of nitrogens with two attached hydrogens (primary N) is 1. The lowest BCUT2D eigenvalue weighted by Crippen LogP contribution is -2.19. The molecule has 0 amide bonds. The van der Waals surface area contributed by atoms with Crippen LogP contribution in [0.4, 0.5) is 0 Å². The Bertz CT molecular complexity index is 575. The van der Waals surface area contributed by atoms with Gasteiger partial charge in [0.2, 0.25) is 0 Å². The Hall–Kier alpha value is -1.80. The molecule has 21 heavy (non-hydrogen) atoms. The van der Waals surface area contributed by atoms with E-state index in [0.717, 1.165) is 18.6 Å². The Morgan fingerprint density at radius 3 is 2.24 bits per heavy atom. The molecule has 0 aliphatic rings. The summed E-state index contributed by atoms with van der Waals surface area (Å²) in [4.78, 5) is 0.